The number of carbonyl (C=O) groups is 3. The first-order valence-corrected chi connectivity index (χ1v) is 7.94. The second-order valence-electron chi connectivity index (χ2n) is 5.02. The standard InChI is InChI=1S/C16H15N3O3S/c1-3-19-11-6-4-5-7-12(11)23-13(19)9-8-10-14(20)17-16(22)18(2)15(10)21/h4-9H,3H2,1-2H3,(H,17,20,22)/b10-8-,13-9-. The molecule has 2 heterocycles. The van der Waals surface area contributed by atoms with Crippen LogP contribution in [0.3, 0.4) is 0 Å². The van der Waals surface area contributed by atoms with Crippen LogP contribution in [0.1, 0.15) is 6.92 Å². The highest BCUT2D eigenvalue weighted by Gasteiger charge is 2.33. The van der Waals surface area contributed by atoms with E-state index in [0.717, 1.165) is 27.1 Å². The number of fused-ring (bicyclic) bond motifs is 1. The number of nitrogens with zero attached hydrogens (tertiary/aromatic N) is 2. The fourth-order valence-electron chi connectivity index (χ4n) is 2.42. The molecule has 0 unspecified atom stereocenters. The highest BCUT2D eigenvalue weighted by molar-refractivity contribution is 8.03. The average molecular weight is 329 g/mol. The number of urea groups is 1. The Morgan fingerprint density at radius 3 is 2.65 bits per heavy atom. The van der Waals surface area contributed by atoms with Crippen molar-refractivity contribution in [3.8, 4) is 0 Å². The lowest BCUT2D eigenvalue weighted by atomic mass is 10.1. The molecule has 1 saturated heterocycles. The monoisotopic (exact) mass is 329 g/mol. The molecule has 6 nitrogen and oxygen atoms in total. The van der Waals surface area contributed by atoms with E-state index in [1.807, 2.05) is 31.2 Å². The molecule has 0 bridgehead atoms. The fraction of sp³-hybridized carbons (Fsp3) is 0.188. The van der Waals surface area contributed by atoms with Crippen LogP contribution >= 0.6 is 11.8 Å². The maximum atomic E-state index is 12.0. The molecule has 0 aromatic heterocycles. The third-order valence-corrected chi connectivity index (χ3v) is 4.78. The van der Waals surface area contributed by atoms with Gasteiger partial charge in [0.05, 0.1) is 10.7 Å². The third-order valence-electron chi connectivity index (χ3n) is 3.65. The van der Waals surface area contributed by atoms with Gasteiger partial charge in [-0.15, -0.1) is 0 Å². The first-order valence-electron chi connectivity index (χ1n) is 7.12. The second kappa shape index (κ2) is 5.92. The molecule has 2 aliphatic heterocycles. The summed E-state index contributed by atoms with van der Waals surface area (Å²) in [5.74, 6) is -1.27. The average Bonchev–Trinajstić information content (AvgIpc) is 2.90. The van der Waals surface area contributed by atoms with E-state index in [0.29, 0.717) is 0 Å². The number of likely N-dealkylation sites (N-methyl/N-ethyl adjacent to an activating group) is 1. The quantitative estimate of drug-likeness (QED) is 0.665. The molecule has 1 aromatic carbocycles. The van der Waals surface area contributed by atoms with Crippen LogP contribution in [0.25, 0.3) is 0 Å². The van der Waals surface area contributed by atoms with E-state index in [1.54, 1.807) is 17.8 Å². The topological polar surface area (TPSA) is 69.7 Å². The van der Waals surface area contributed by atoms with Crippen LogP contribution < -0.4 is 10.2 Å². The zero-order valence-corrected chi connectivity index (χ0v) is 13.5. The summed E-state index contributed by atoms with van der Waals surface area (Å²) < 4.78 is 0. The number of barbiturate groups is 1. The number of amides is 4. The molecule has 1 N–H and O–H groups in total. The maximum Gasteiger partial charge on any atom is 0.331 e. The molecular weight excluding hydrogens is 314 g/mol. The van der Waals surface area contributed by atoms with Gasteiger partial charge in [0, 0.05) is 18.5 Å². The first kappa shape index (κ1) is 15.4. The Kier molecular flexibility index (Phi) is 3.96. The number of imide groups is 2. The van der Waals surface area contributed by atoms with Gasteiger partial charge in [-0.25, -0.2) is 4.79 Å². The van der Waals surface area contributed by atoms with Crippen LogP contribution in [0.5, 0.6) is 0 Å². The molecule has 23 heavy (non-hydrogen) atoms. The Hall–Kier alpha value is -2.54. The zero-order chi connectivity index (χ0) is 16.6. The van der Waals surface area contributed by atoms with Gasteiger partial charge in [-0.05, 0) is 31.2 Å². The van der Waals surface area contributed by atoms with Crippen molar-refractivity contribution in [1.29, 1.82) is 0 Å². The van der Waals surface area contributed by atoms with Gasteiger partial charge < -0.3 is 4.90 Å². The molecule has 3 rings (SSSR count). The number of benzene rings is 1. The highest BCUT2D eigenvalue weighted by atomic mass is 32.2. The number of hydrogen-bond donors (Lipinski definition) is 1. The molecule has 118 valence electrons. The van der Waals surface area contributed by atoms with Crippen LogP contribution in [-0.4, -0.2) is 36.3 Å². The van der Waals surface area contributed by atoms with Crippen molar-refractivity contribution in [2.75, 3.05) is 18.5 Å². The van der Waals surface area contributed by atoms with Crippen LogP contribution in [-0.2, 0) is 9.59 Å². The van der Waals surface area contributed by atoms with Gasteiger partial charge in [-0.1, -0.05) is 23.9 Å². The van der Waals surface area contributed by atoms with Crippen molar-refractivity contribution in [2.24, 2.45) is 0 Å². The molecule has 0 aliphatic carbocycles. The van der Waals surface area contributed by atoms with Crippen molar-refractivity contribution in [1.82, 2.24) is 10.2 Å². The largest absolute Gasteiger partial charge is 0.335 e. The van der Waals surface area contributed by atoms with Crippen molar-refractivity contribution in [3.63, 3.8) is 0 Å². The third kappa shape index (κ3) is 2.63. The van der Waals surface area contributed by atoms with Crippen molar-refractivity contribution in [2.45, 2.75) is 11.8 Å². The summed E-state index contributed by atoms with van der Waals surface area (Å²) in [6.07, 6.45) is 3.21. The van der Waals surface area contributed by atoms with E-state index in [1.165, 1.54) is 13.1 Å². The number of anilines is 1. The normalized spacial score (nSPS) is 21.2. The zero-order valence-electron chi connectivity index (χ0n) is 12.7. The second-order valence-corrected chi connectivity index (χ2v) is 6.08. The molecule has 0 radical (unpaired) electrons. The van der Waals surface area contributed by atoms with Crippen LogP contribution in [0, 0.1) is 0 Å². The van der Waals surface area contributed by atoms with E-state index in [4.69, 9.17) is 0 Å². The molecule has 0 spiro atoms. The highest BCUT2D eigenvalue weighted by Crippen LogP contribution is 2.45. The lowest BCUT2D eigenvalue weighted by Crippen LogP contribution is -2.52. The summed E-state index contributed by atoms with van der Waals surface area (Å²) in [6, 6.07) is 7.30. The summed E-state index contributed by atoms with van der Waals surface area (Å²) in [5, 5.41) is 3.07. The predicted molar refractivity (Wildman–Crippen MR) is 87.8 cm³/mol. The summed E-state index contributed by atoms with van der Waals surface area (Å²) in [6.45, 7) is 2.81. The Labute approximate surface area is 137 Å². The minimum absolute atomic E-state index is 0.0489. The minimum Gasteiger partial charge on any atom is -0.335 e. The van der Waals surface area contributed by atoms with Crippen LogP contribution in [0.15, 0.2) is 51.9 Å². The molecule has 1 aromatic rings. The number of nitrogens with one attached hydrogen (secondary N) is 1. The van der Waals surface area contributed by atoms with Gasteiger partial charge in [0.2, 0.25) is 0 Å². The minimum atomic E-state index is -0.706. The number of thioether (sulfide) groups is 1. The molecule has 1 fully saturated rings. The van der Waals surface area contributed by atoms with E-state index < -0.39 is 17.8 Å². The summed E-state index contributed by atoms with van der Waals surface area (Å²) in [7, 11) is 1.34. The number of rotatable bonds is 2. The van der Waals surface area contributed by atoms with Gasteiger partial charge in [-0.3, -0.25) is 19.8 Å². The summed E-state index contributed by atoms with van der Waals surface area (Å²) >= 11 is 1.58. The van der Waals surface area contributed by atoms with Gasteiger partial charge in [0.1, 0.15) is 5.57 Å². The van der Waals surface area contributed by atoms with Crippen LogP contribution in [0.4, 0.5) is 10.5 Å². The summed E-state index contributed by atoms with van der Waals surface area (Å²) in [5.41, 5.74) is 1.06. The lowest BCUT2D eigenvalue weighted by molar-refractivity contribution is -0.129. The molecule has 0 saturated carbocycles. The van der Waals surface area contributed by atoms with Crippen molar-refractivity contribution >= 4 is 35.3 Å². The smallest absolute Gasteiger partial charge is 0.331 e. The molecule has 7 heteroatoms. The maximum absolute atomic E-state index is 12.0. The number of para-hydroxylation sites is 1. The summed E-state index contributed by atoms with van der Waals surface area (Å²) in [4.78, 5) is 39.4. The van der Waals surface area contributed by atoms with E-state index in [-0.39, 0.29) is 5.57 Å². The van der Waals surface area contributed by atoms with E-state index >= 15 is 0 Å². The molecule has 4 amide bonds. The van der Waals surface area contributed by atoms with Crippen molar-refractivity contribution < 1.29 is 14.4 Å². The fourth-order valence-corrected chi connectivity index (χ4v) is 3.55. The van der Waals surface area contributed by atoms with Gasteiger partial charge in [0.25, 0.3) is 11.8 Å². The predicted octanol–water partition coefficient (Wildman–Crippen LogP) is 2.09. The SMILES string of the molecule is CCN1/C(=C/C=C2/C(=O)NC(=O)N(C)C2=O)Sc2ccccc21. The Morgan fingerprint density at radius 1 is 1.17 bits per heavy atom. The van der Waals surface area contributed by atoms with Gasteiger partial charge in [0.15, 0.2) is 0 Å². The Bertz CT molecular complexity index is 770. The molecule has 0 atom stereocenters. The van der Waals surface area contributed by atoms with E-state index in [9.17, 15) is 14.4 Å². The number of hydrogen-bond acceptors (Lipinski definition) is 5. The molecular formula is C16H15N3O3S. The van der Waals surface area contributed by atoms with Crippen molar-refractivity contribution in [3.05, 3.63) is 47.0 Å². The number of allylic oxidation sites excluding steroid dienone is 2. The van der Waals surface area contributed by atoms with Gasteiger partial charge >= 0.3 is 6.03 Å². The first-order chi connectivity index (χ1) is 11.0. The number of carbonyl (C=O) groups excluding carboxylic acids is 3. The lowest BCUT2D eigenvalue weighted by Gasteiger charge is -2.22. The van der Waals surface area contributed by atoms with E-state index in [2.05, 4.69) is 10.2 Å². The van der Waals surface area contributed by atoms with Crippen LogP contribution in [0.2, 0.25) is 0 Å². The Balaban J connectivity index is 1.92. The Morgan fingerprint density at radius 2 is 1.91 bits per heavy atom. The molecule has 2 aliphatic rings. The van der Waals surface area contributed by atoms with Gasteiger partial charge in [-0.2, -0.15) is 0 Å².